The van der Waals surface area contributed by atoms with Crippen LogP contribution in [-0.2, 0) is 0 Å². The molecule has 28 heavy (non-hydrogen) atoms. The maximum absolute atomic E-state index is 5.30. The Morgan fingerprint density at radius 1 is 1.04 bits per heavy atom. The lowest BCUT2D eigenvalue weighted by Gasteiger charge is -2.06. The zero-order chi connectivity index (χ0) is 19.2. The molecule has 1 N–H and O–H groups in total. The van der Waals surface area contributed by atoms with Gasteiger partial charge < -0.3 is 4.74 Å². The molecule has 0 radical (unpaired) electrons. The molecule has 4 rings (SSSR count). The van der Waals surface area contributed by atoms with E-state index in [2.05, 4.69) is 25.5 Å². The molecule has 0 spiro atoms. The van der Waals surface area contributed by atoms with Crippen molar-refractivity contribution in [2.24, 2.45) is 5.10 Å². The molecule has 1 aromatic carbocycles. The fourth-order valence-corrected chi connectivity index (χ4v) is 3.46. The molecule has 0 unspecified atom stereocenters. The first-order chi connectivity index (χ1) is 13.8. The number of aromatic nitrogens is 3. The number of thiazole rings is 1. The summed E-state index contributed by atoms with van der Waals surface area (Å²) in [6.07, 6.45) is 7.08. The minimum absolute atomic E-state index is 0.731. The SMILES string of the molecule is COc1ccccc1N/N=C/c1cccc(-c2cnc(-c3cccnc3)s2)n1. The van der Waals surface area contributed by atoms with Crippen LogP contribution in [0.3, 0.4) is 0 Å². The van der Waals surface area contributed by atoms with Crippen LogP contribution in [0.1, 0.15) is 5.69 Å². The van der Waals surface area contributed by atoms with E-state index in [1.165, 1.54) is 0 Å². The quantitative estimate of drug-likeness (QED) is 0.383. The first-order valence-corrected chi connectivity index (χ1v) is 9.41. The van der Waals surface area contributed by atoms with Gasteiger partial charge in [0.25, 0.3) is 0 Å². The summed E-state index contributed by atoms with van der Waals surface area (Å²) in [5, 5.41) is 5.19. The molecule has 0 amide bonds. The van der Waals surface area contributed by atoms with E-state index in [0.29, 0.717) is 0 Å². The van der Waals surface area contributed by atoms with Crippen LogP contribution in [-0.4, -0.2) is 28.3 Å². The van der Waals surface area contributed by atoms with Gasteiger partial charge in [-0.1, -0.05) is 18.2 Å². The summed E-state index contributed by atoms with van der Waals surface area (Å²) >= 11 is 1.58. The Morgan fingerprint density at radius 2 is 1.96 bits per heavy atom. The number of ether oxygens (including phenoxy) is 1. The molecule has 138 valence electrons. The van der Waals surface area contributed by atoms with Crippen LogP contribution >= 0.6 is 11.3 Å². The predicted molar refractivity (Wildman–Crippen MR) is 113 cm³/mol. The van der Waals surface area contributed by atoms with E-state index in [0.717, 1.165) is 38.3 Å². The van der Waals surface area contributed by atoms with Crippen LogP contribution in [0, 0.1) is 0 Å². The molecular formula is C21H17N5OS. The second-order valence-corrected chi connectivity index (χ2v) is 6.82. The highest BCUT2D eigenvalue weighted by Crippen LogP contribution is 2.30. The van der Waals surface area contributed by atoms with Crippen molar-refractivity contribution in [1.82, 2.24) is 15.0 Å². The third-order valence-electron chi connectivity index (χ3n) is 3.93. The monoisotopic (exact) mass is 387 g/mol. The van der Waals surface area contributed by atoms with Gasteiger partial charge in [-0.25, -0.2) is 9.97 Å². The molecule has 0 aliphatic heterocycles. The molecule has 0 aliphatic carbocycles. The van der Waals surface area contributed by atoms with Crippen LogP contribution < -0.4 is 10.2 Å². The Kier molecular flexibility index (Phi) is 5.35. The number of hydrogen-bond donors (Lipinski definition) is 1. The average molecular weight is 387 g/mol. The van der Waals surface area contributed by atoms with Gasteiger partial charge in [-0.05, 0) is 36.4 Å². The Balaban J connectivity index is 1.51. The van der Waals surface area contributed by atoms with Gasteiger partial charge in [0.1, 0.15) is 10.8 Å². The van der Waals surface area contributed by atoms with Crippen molar-refractivity contribution >= 4 is 23.2 Å². The van der Waals surface area contributed by atoms with E-state index in [-0.39, 0.29) is 0 Å². The van der Waals surface area contributed by atoms with Crippen LogP contribution in [0.15, 0.2) is 78.3 Å². The van der Waals surface area contributed by atoms with E-state index < -0.39 is 0 Å². The molecule has 0 fully saturated rings. The van der Waals surface area contributed by atoms with Crippen molar-refractivity contribution in [2.45, 2.75) is 0 Å². The van der Waals surface area contributed by atoms with E-state index in [4.69, 9.17) is 4.74 Å². The number of hydrogen-bond acceptors (Lipinski definition) is 7. The zero-order valence-corrected chi connectivity index (χ0v) is 15.9. The van der Waals surface area contributed by atoms with Crippen molar-refractivity contribution in [3.05, 3.63) is 78.9 Å². The molecule has 7 heteroatoms. The molecular weight excluding hydrogens is 370 g/mol. The number of anilines is 1. The number of benzene rings is 1. The van der Waals surface area contributed by atoms with Gasteiger partial charge in [-0.3, -0.25) is 10.4 Å². The Hall–Kier alpha value is -3.58. The lowest BCUT2D eigenvalue weighted by Crippen LogP contribution is -1.95. The predicted octanol–water partition coefficient (Wildman–Crippen LogP) is 4.72. The summed E-state index contributed by atoms with van der Waals surface area (Å²) in [5.74, 6) is 0.731. The molecule has 0 saturated carbocycles. The van der Waals surface area contributed by atoms with Gasteiger partial charge in [0.2, 0.25) is 0 Å². The second-order valence-electron chi connectivity index (χ2n) is 5.79. The van der Waals surface area contributed by atoms with E-state index in [1.54, 1.807) is 30.9 Å². The lowest BCUT2D eigenvalue weighted by molar-refractivity contribution is 0.416. The van der Waals surface area contributed by atoms with Crippen molar-refractivity contribution in [2.75, 3.05) is 12.5 Å². The van der Waals surface area contributed by atoms with Crippen LogP contribution in [0.4, 0.5) is 5.69 Å². The number of para-hydroxylation sites is 2. The summed E-state index contributed by atoms with van der Waals surface area (Å²) in [4.78, 5) is 14.3. The van der Waals surface area contributed by atoms with Crippen LogP contribution in [0.5, 0.6) is 5.75 Å². The molecule has 0 saturated heterocycles. The third kappa shape index (κ3) is 4.05. The molecule has 3 aromatic heterocycles. The standard InChI is InChI=1S/C21H17N5OS/c1-27-19-10-3-2-8-17(19)26-24-13-16-7-4-9-18(25-16)20-14-23-21(28-20)15-6-5-11-22-12-15/h2-14,26H,1H3/b24-13+. The summed E-state index contributed by atoms with van der Waals surface area (Å²) in [6.45, 7) is 0. The first kappa shape index (κ1) is 17.8. The topological polar surface area (TPSA) is 72.3 Å². The Morgan fingerprint density at radius 3 is 2.82 bits per heavy atom. The van der Waals surface area contributed by atoms with E-state index in [1.807, 2.05) is 67.0 Å². The maximum Gasteiger partial charge on any atom is 0.143 e. The number of rotatable bonds is 6. The van der Waals surface area contributed by atoms with Gasteiger partial charge in [-0.2, -0.15) is 5.10 Å². The van der Waals surface area contributed by atoms with Crippen molar-refractivity contribution < 1.29 is 4.74 Å². The third-order valence-corrected chi connectivity index (χ3v) is 4.99. The number of nitrogens with one attached hydrogen (secondary N) is 1. The van der Waals surface area contributed by atoms with Gasteiger partial charge in [0.05, 0.1) is 35.3 Å². The Labute approximate surface area is 166 Å². The average Bonchev–Trinajstić information content (AvgIpc) is 3.25. The molecule has 0 aliphatic rings. The normalized spacial score (nSPS) is 10.9. The highest BCUT2D eigenvalue weighted by molar-refractivity contribution is 7.18. The summed E-state index contributed by atoms with van der Waals surface area (Å²) < 4.78 is 5.30. The van der Waals surface area contributed by atoms with Crippen molar-refractivity contribution in [1.29, 1.82) is 0 Å². The van der Waals surface area contributed by atoms with Gasteiger partial charge in [-0.15, -0.1) is 11.3 Å². The second kappa shape index (κ2) is 8.41. The molecule has 0 bridgehead atoms. The maximum atomic E-state index is 5.30. The van der Waals surface area contributed by atoms with Crippen molar-refractivity contribution in [3.8, 4) is 26.9 Å². The summed E-state index contributed by atoms with van der Waals surface area (Å²) in [7, 11) is 1.63. The number of methoxy groups -OCH3 is 1. The summed E-state index contributed by atoms with van der Waals surface area (Å²) in [6, 6.07) is 17.3. The fourth-order valence-electron chi connectivity index (χ4n) is 2.58. The number of hydrazone groups is 1. The molecule has 0 atom stereocenters. The first-order valence-electron chi connectivity index (χ1n) is 8.59. The Bertz CT molecular complexity index is 1090. The molecule has 6 nitrogen and oxygen atoms in total. The smallest absolute Gasteiger partial charge is 0.143 e. The highest BCUT2D eigenvalue weighted by atomic mass is 32.1. The summed E-state index contributed by atoms with van der Waals surface area (Å²) in [5.41, 5.74) is 6.38. The largest absolute Gasteiger partial charge is 0.495 e. The molecule has 4 aromatic rings. The molecule has 3 heterocycles. The van der Waals surface area contributed by atoms with Crippen LogP contribution in [0.2, 0.25) is 0 Å². The zero-order valence-electron chi connectivity index (χ0n) is 15.1. The minimum Gasteiger partial charge on any atom is -0.495 e. The van der Waals surface area contributed by atoms with E-state index >= 15 is 0 Å². The van der Waals surface area contributed by atoms with E-state index in [9.17, 15) is 0 Å². The number of pyridine rings is 2. The van der Waals surface area contributed by atoms with Crippen LogP contribution in [0.25, 0.3) is 21.1 Å². The van der Waals surface area contributed by atoms with Gasteiger partial charge in [0.15, 0.2) is 0 Å². The van der Waals surface area contributed by atoms with Gasteiger partial charge in [0, 0.05) is 24.2 Å². The lowest BCUT2D eigenvalue weighted by atomic mass is 10.3. The van der Waals surface area contributed by atoms with Gasteiger partial charge >= 0.3 is 0 Å². The highest BCUT2D eigenvalue weighted by Gasteiger charge is 2.08. The minimum atomic E-state index is 0.731. The van der Waals surface area contributed by atoms with Crippen molar-refractivity contribution in [3.63, 3.8) is 0 Å². The fraction of sp³-hybridized carbons (Fsp3) is 0.0476. The number of nitrogens with zero attached hydrogens (tertiary/aromatic N) is 4.